The van der Waals surface area contributed by atoms with E-state index in [0.717, 1.165) is 30.1 Å². The quantitative estimate of drug-likeness (QED) is 0.852. The normalized spacial score (nSPS) is 15.4. The highest BCUT2D eigenvalue weighted by atomic mass is 16.5. The molecule has 1 aromatic carbocycles. The Morgan fingerprint density at radius 3 is 2.32 bits per heavy atom. The van der Waals surface area contributed by atoms with Gasteiger partial charge in [0.15, 0.2) is 0 Å². The average molecular weight is 384 g/mol. The number of likely N-dealkylation sites (tertiary alicyclic amines) is 1. The van der Waals surface area contributed by atoms with Crippen molar-refractivity contribution in [1.82, 2.24) is 14.9 Å². The van der Waals surface area contributed by atoms with Gasteiger partial charge in [-0.3, -0.25) is 4.79 Å². The van der Waals surface area contributed by atoms with Crippen molar-refractivity contribution in [3.8, 4) is 17.4 Å². The second kappa shape index (κ2) is 8.14. The molecule has 1 aromatic heterocycles. The van der Waals surface area contributed by atoms with Gasteiger partial charge < -0.3 is 20.1 Å². The van der Waals surface area contributed by atoms with Crippen molar-refractivity contribution in [2.75, 3.05) is 20.2 Å². The van der Waals surface area contributed by atoms with Crippen molar-refractivity contribution in [2.24, 2.45) is 5.73 Å². The predicted octanol–water partition coefficient (Wildman–Crippen LogP) is 3.03. The number of hydrogen-bond donors (Lipinski definition) is 1. The van der Waals surface area contributed by atoms with Gasteiger partial charge in [-0.25, -0.2) is 4.98 Å². The molecule has 0 spiro atoms. The summed E-state index contributed by atoms with van der Waals surface area (Å²) in [4.78, 5) is 23.4. The Hall–Kier alpha value is -2.67. The predicted molar refractivity (Wildman–Crippen MR) is 107 cm³/mol. The molecule has 0 atom stereocenters. The number of methoxy groups -OCH3 is 1. The summed E-state index contributed by atoms with van der Waals surface area (Å²) in [5.74, 6) is 2.93. The van der Waals surface area contributed by atoms with Crippen LogP contribution >= 0.6 is 0 Å². The Kier molecular flexibility index (Phi) is 5.84. The molecule has 1 aliphatic rings. The van der Waals surface area contributed by atoms with Crippen LogP contribution < -0.4 is 15.2 Å². The minimum atomic E-state index is -0.841. The number of amides is 1. The van der Waals surface area contributed by atoms with Gasteiger partial charge in [0.25, 0.3) is 0 Å². The molecule has 3 rings (SSSR count). The van der Waals surface area contributed by atoms with Crippen LogP contribution in [0, 0.1) is 6.92 Å². The van der Waals surface area contributed by atoms with Gasteiger partial charge in [0.1, 0.15) is 17.3 Å². The molecule has 2 aromatic rings. The lowest BCUT2D eigenvalue weighted by molar-refractivity contribution is -0.136. The van der Waals surface area contributed by atoms with Gasteiger partial charge in [0.05, 0.1) is 12.6 Å². The SMILES string of the molecule is COc1ccc(Oc2cc(C)nc(C3CCN(C(=O)C(C)(C)N)CC3)n2)cc1. The van der Waals surface area contributed by atoms with Crippen LogP contribution in [0.5, 0.6) is 17.4 Å². The number of nitrogens with zero attached hydrogens (tertiary/aromatic N) is 3. The zero-order valence-electron chi connectivity index (χ0n) is 16.9. The largest absolute Gasteiger partial charge is 0.497 e. The van der Waals surface area contributed by atoms with Crippen molar-refractivity contribution in [2.45, 2.75) is 45.1 Å². The molecule has 2 heterocycles. The maximum Gasteiger partial charge on any atom is 0.242 e. The van der Waals surface area contributed by atoms with E-state index in [0.29, 0.717) is 24.7 Å². The molecule has 0 unspecified atom stereocenters. The number of piperidine rings is 1. The summed E-state index contributed by atoms with van der Waals surface area (Å²) in [6, 6.07) is 9.19. The number of ether oxygens (including phenoxy) is 2. The van der Waals surface area contributed by atoms with Crippen LogP contribution in [0.15, 0.2) is 30.3 Å². The third-order valence-electron chi connectivity index (χ3n) is 4.83. The number of aromatic nitrogens is 2. The molecule has 1 amide bonds. The van der Waals surface area contributed by atoms with Gasteiger partial charge in [0, 0.05) is 30.8 Å². The summed E-state index contributed by atoms with van der Waals surface area (Å²) < 4.78 is 11.1. The maximum absolute atomic E-state index is 12.4. The fourth-order valence-corrected chi connectivity index (χ4v) is 3.31. The lowest BCUT2D eigenvalue weighted by atomic mass is 9.94. The Labute approximate surface area is 165 Å². The summed E-state index contributed by atoms with van der Waals surface area (Å²) >= 11 is 0. The van der Waals surface area contributed by atoms with E-state index in [1.807, 2.05) is 42.2 Å². The molecule has 0 aliphatic carbocycles. The van der Waals surface area contributed by atoms with Crippen molar-refractivity contribution < 1.29 is 14.3 Å². The molecule has 1 aliphatic heterocycles. The van der Waals surface area contributed by atoms with Crippen LogP contribution in [-0.2, 0) is 4.79 Å². The van der Waals surface area contributed by atoms with E-state index in [1.54, 1.807) is 21.0 Å². The first-order valence-corrected chi connectivity index (χ1v) is 9.52. The number of benzene rings is 1. The second-order valence-electron chi connectivity index (χ2n) is 7.77. The van der Waals surface area contributed by atoms with E-state index in [1.165, 1.54) is 0 Å². The minimum absolute atomic E-state index is 0.0142. The zero-order valence-corrected chi connectivity index (χ0v) is 16.9. The standard InChI is InChI=1S/C21H28N4O3/c1-14-13-18(28-17-7-5-16(27-4)6-8-17)24-19(23-14)15-9-11-25(12-10-15)20(26)21(2,3)22/h5-8,13,15H,9-12,22H2,1-4H3. The van der Waals surface area contributed by atoms with Gasteiger partial charge >= 0.3 is 0 Å². The van der Waals surface area contributed by atoms with Crippen molar-refractivity contribution in [3.63, 3.8) is 0 Å². The van der Waals surface area contributed by atoms with Crippen molar-refractivity contribution in [3.05, 3.63) is 41.9 Å². The smallest absolute Gasteiger partial charge is 0.242 e. The van der Waals surface area contributed by atoms with Gasteiger partial charge in [-0.2, -0.15) is 4.98 Å². The average Bonchev–Trinajstić information content (AvgIpc) is 2.67. The first-order chi connectivity index (χ1) is 13.3. The molecule has 0 saturated carbocycles. The first kappa shape index (κ1) is 20.1. The van der Waals surface area contributed by atoms with Crippen molar-refractivity contribution >= 4 is 5.91 Å². The van der Waals surface area contributed by atoms with E-state index in [9.17, 15) is 4.79 Å². The molecular weight excluding hydrogens is 356 g/mol. The van der Waals surface area contributed by atoms with Gasteiger partial charge in [-0.05, 0) is 57.9 Å². The number of rotatable bonds is 5. The molecule has 1 saturated heterocycles. The van der Waals surface area contributed by atoms with E-state index in [2.05, 4.69) is 9.97 Å². The van der Waals surface area contributed by atoms with Crippen LogP contribution in [0.3, 0.4) is 0 Å². The fourth-order valence-electron chi connectivity index (χ4n) is 3.31. The molecule has 7 nitrogen and oxygen atoms in total. The maximum atomic E-state index is 12.4. The van der Waals surface area contributed by atoms with E-state index < -0.39 is 5.54 Å². The monoisotopic (exact) mass is 384 g/mol. The lowest BCUT2D eigenvalue weighted by Crippen LogP contribution is -2.53. The zero-order chi connectivity index (χ0) is 20.3. The molecule has 28 heavy (non-hydrogen) atoms. The number of aryl methyl sites for hydroxylation is 1. The van der Waals surface area contributed by atoms with Gasteiger partial charge in [0.2, 0.25) is 11.8 Å². The summed E-state index contributed by atoms with van der Waals surface area (Å²) in [5, 5.41) is 0. The Morgan fingerprint density at radius 2 is 1.75 bits per heavy atom. The molecule has 2 N–H and O–H groups in total. The van der Waals surface area contributed by atoms with E-state index in [4.69, 9.17) is 15.2 Å². The topological polar surface area (TPSA) is 90.6 Å². The highest BCUT2D eigenvalue weighted by Gasteiger charge is 2.32. The minimum Gasteiger partial charge on any atom is -0.497 e. The molecule has 0 radical (unpaired) electrons. The van der Waals surface area contributed by atoms with Crippen LogP contribution in [0.2, 0.25) is 0 Å². The van der Waals surface area contributed by atoms with Gasteiger partial charge in [-0.1, -0.05) is 0 Å². The number of carbonyl (C=O) groups is 1. The van der Waals surface area contributed by atoms with Crippen molar-refractivity contribution in [1.29, 1.82) is 0 Å². The highest BCUT2D eigenvalue weighted by Crippen LogP contribution is 2.29. The molecular formula is C21H28N4O3. The van der Waals surface area contributed by atoms with E-state index in [-0.39, 0.29) is 11.8 Å². The van der Waals surface area contributed by atoms with Crippen LogP contribution in [0.1, 0.15) is 44.1 Å². The van der Waals surface area contributed by atoms with Crippen LogP contribution in [0.4, 0.5) is 0 Å². The summed E-state index contributed by atoms with van der Waals surface area (Å²) in [7, 11) is 1.63. The Bertz CT molecular complexity index is 823. The summed E-state index contributed by atoms with van der Waals surface area (Å²) in [6.45, 7) is 6.75. The second-order valence-corrected chi connectivity index (χ2v) is 7.77. The fraction of sp³-hybridized carbons (Fsp3) is 0.476. The highest BCUT2D eigenvalue weighted by molar-refractivity contribution is 5.85. The number of carbonyl (C=O) groups excluding carboxylic acids is 1. The van der Waals surface area contributed by atoms with Crippen LogP contribution in [0.25, 0.3) is 0 Å². The Morgan fingerprint density at radius 1 is 1.14 bits per heavy atom. The number of nitrogens with two attached hydrogens (primary N) is 1. The van der Waals surface area contributed by atoms with E-state index >= 15 is 0 Å². The van der Waals surface area contributed by atoms with Crippen LogP contribution in [-0.4, -0.2) is 46.5 Å². The third kappa shape index (κ3) is 4.78. The molecule has 7 heteroatoms. The summed E-state index contributed by atoms with van der Waals surface area (Å²) in [6.07, 6.45) is 1.63. The summed E-state index contributed by atoms with van der Waals surface area (Å²) in [5.41, 5.74) is 5.96. The molecule has 150 valence electrons. The lowest BCUT2D eigenvalue weighted by Gasteiger charge is -2.35. The number of hydrogen-bond acceptors (Lipinski definition) is 6. The van der Waals surface area contributed by atoms with Gasteiger partial charge in [-0.15, -0.1) is 0 Å². The molecule has 1 fully saturated rings. The first-order valence-electron chi connectivity index (χ1n) is 9.52. The Balaban J connectivity index is 1.69. The molecule has 0 bridgehead atoms. The third-order valence-corrected chi connectivity index (χ3v) is 4.83.